The number of aryl methyl sites for hydroxylation is 2. The summed E-state index contributed by atoms with van der Waals surface area (Å²) in [6.45, 7) is 4.16. The molecule has 0 atom stereocenters. The van der Waals surface area contributed by atoms with Gasteiger partial charge < -0.3 is 0 Å². The van der Waals surface area contributed by atoms with Crippen LogP contribution in [0.3, 0.4) is 0 Å². The van der Waals surface area contributed by atoms with Gasteiger partial charge in [0.25, 0.3) is 0 Å². The molecule has 0 aliphatic carbocycles. The van der Waals surface area contributed by atoms with E-state index in [1.165, 1.54) is 11.1 Å². The molecule has 11 heavy (non-hydrogen) atoms. The molecule has 0 spiro atoms. The van der Waals surface area contributed by atoms with Crippen LogP contribution in [0.5, 0.6) is 0 Å². The summed E-state index contributed by atoms with van der Waals surface area (Å²) in [6, 6.07) is 2.13. The third kappa shape index (κ3) is 2.22. The van der Waals surface area contributed by atoms with Gasteiger partial charge in [-0.2, -0.15) is 11.8 Å². The van der Waals surface area contributed by atoms with E-state index in [0.29, 0.717) is 0 Å². The molecule has 0 radical (unpaired) electrons. The zero-order valence-corrected chi connectivity index (χ0v) is 8.03. The predicted octanol–water partition coefficient (Wildman–Crippen LogP) is 2.56. The summed E-state index contributed by atoms with van der Waals surface area (Å²) in [5.74, 6) is 1.07. The van der Waals surface area contributed by atoms with Crippen molar-refractivity contribution in [2.45, 2.75) is 19.6 Å². The summed E-state index contributed by atoms with van der Waals surface area (Å²) in [7, 11) is 0. The van der Waals surface area contributed by atoms with E-state index >= 15 is 0 Å². The van der Waals surface area contributed by atoms with Crippen LogP contribution in [0.25, 0.3) is 0 Å². The fraction of sp³-hybridized carbons (Fsp3) is 0.444. The Hall–Kier alpha value is -0.500. The fourth-order valence-corrected chi connectivity index (χ4v) is 1.64. The molecule has 0 aliphatic heterocycles. The van der Waals surface area contributed by atoms with Crippen molar-refractivity contribution in [3.8, 4) is 0 Å². The first kappa shape index (κ1) is 8.60. The van der Waals surface area contributed by atoms with Crippen LogP contribution in [-0.4, -0.2) is 11.2 Å². The Morgan fingerprint density at radius 2 is 2.18 bits per heavy atom. The van der Waals surface area contributed by atoms with Gasteiger partial charge in [0.05, 0.1) is 0 Å². The summed E-state index contributed by atoms with van der Waals surface area (Å²) in [4.78, 5) is 4.25. The Balaban J connectivity index is 2.90. The standard InChI is InChI=1S/C9H13NS/c1-7-4-8(2)10-5-9(7)6-11-3/h4-5H,6H2,1-3H3. The van der Waals surface area contributed by atoms with Crippen molar-refractivity contribution in [2.75, 3.05) is 6.26 Å². The van der Waals surface area contributed by atoms with Crippen LogP contribution >= 0.6 is 11.8 Å². The molecule has 0 aromatic carbocycles. The number of thioether (sulfide) groups is 1. The van der Waals surface area contributed by atoms with Gasteiger partial charge in [-0.15, -0.1) is 0 Å². The molecular formula is C9H13NS. The molecule has 60 valence electrons. The number of rotatable bonds is 2. The van der Waals surface area contributed by atoms with E-state index < -0.39 is 0 Å². The van der Waals surface area contributed by atoms with Gasteiger partial charge in [0.1, 0.15) is 0 Å². The first-order valence-corrected chi connectivity index (χ1v) is 5.04. The maximum Gasteiger partial charge on any atom is 0.0375 e. The lowest BCUT2D eigenvalue weighted by atomic mass is 10.1. The lowest BCUT2D eigenvalue weighted by Gasteiger charge is -2.02. The topological polar surface area (TPSA) is 12.9 Å². The van der Waals surface area contributed by atoms with Crippen molar-refractivity contribution >= 4 is 11.8 Å². The number of nitrogens with zero attached hydrogens (tertiary/aromatic N) is 1. The quantitative estimate of drug-likeness (QED) is 0.671. The highest BCUT2D eigenvalue weighted by atomic mass is 32.2. The third-order valence-corrected chi connectivity index (χ3v) is 2.26. The van der Waals surface area contributed by atoms with Gasteiger partial charge in [-0.05, 0) is 37.3 Å². The smallest absolute Gasteiger partial charge is 0.0375 e. The summed E-state index contributed by atoms with van der Waals surface area (Å²) < 4.78 is 0. The molecule has 1 aromatic heterocycles. The molecule has 1 nitrogen and oxygen atoms in total. The molecule has 1 heterocycles. The molecule has 0 N–H and O–H groups in total. The monoisotopic (exact) mass is 167 g/mol. The van der Waals surface area contributed by atoms with Crippen molar-refractivity contribution in [3.05, 3.63) is 29.1 Å². The molecule has 0 bridgehead atoms. The Labute approximate surface area is 72.2 Å². The van der Waals surface area contributed by atoms with Crippen LogP contribution in [0, 0.1) is 13.8 Å². The highest BCUT2D eigenvalue weighted by molar-refractivity contribution is 7.97. The van der Waals surface area contributed by atoms with E-state index in [1.54, 1.807) is 0 Å². The zero-order valence-electron chi connectivity index (χ0n) is 7.22. The van der Waals surface area contributed by atoms with Crippen LogP contribution in [0.1, 0.15) is 16.8 Å². The second kappa shape index (κ2) is 3.77. The van der Waals surface area contributed by atoms with Gasteiger partial charge in [-0.1, -0.05) is 0 Å². The minimum absolute atomic E-state index is 1.07. The summed E-state index contributed by atoms with van der Waals surface area (Å²) in [5.41, 5.74) is 3.81. The maximum absolute atomic E-state index is 4.25. The summed E-state index contributed by atoms with van der Waals surface area (Å²) >= 11 is 1.83. The Bertz CT molecular complexity index is 245. The fourth-order valence-electron chi connectivity index (χ4n) is 1.03. The third-order valence-electron chi connectivity index (χ3n) is 1.66. The van der Waals surface area contributed by atoms with Crippen LogP contribution in [0.15, 0.2) is 12.3 Å². The Morgan fingerprint density at radius 1 is 1.45 bits per heavy atom. The molecule has 0 fully saturated rings. The van der Waals surface area contributed by atoms with Crippen molar-refractivity contribution in [2.24, 2.45) is 0 Å². The average molecular weight is 167 g/mol. The van der Waals surface area contributed by atoms with E-state index in [0.717, 1.165) is 11.4 Å². The van der Waals surface area contributed by atoms with Gasteiger partial charge in [-0.25, -0.2) is 0 Å². The summed E-state index contributed by atoms with van der Waals surface area (Å²) in [6.07, 6.45) is 4.08. The first-order valence-electron chi connectivity index (χ1n) is 3.65. The van der Waals surface area contributed by atoms with Crippen LogP contribution < -0.4 is 0 Å². The van der Waals surface area contributed by atoms with E-state index in [-0.39, 0.29) is 0 Å². The van der Waals surface area contributed by atoms with Gasteiger partial charge in [-0.3, -0.25) is 4.98 Å². The maximum atomic E-state index is 4.25. The van der Waals surface area contributed by atoms with Gasteiger partial charge >= 0.3 is 0 Å². The Morgan fingerprint density at radius 3 is 2.73 bits per heavy atom. The molecule has 0 aliphatic rings. The predicted molar refractivity (Wildman–Crippen MR) is 50.9 cm³/mol. The average Bonchev–Trinajstić information content (AvgIpc) is 1.95. The minimum atomic E-state index is 1.07. The highest BCUT2D eigenvalue weighted by Gasteiger charge is 1.96. The lowest BCUT2D eigenvalue weighted by molar-refractivity contribution is 1.13. The van der Waals surface area contributed by atoms with Gasteiger partial charge in [0.15, 0.2) is 0 Å². The second-order valence-electron chi connectivity index (χ2n) is 2.69. The number of aromatic nitrogens is 1. The lowest BCUT2D eigenvalue weighted by Crippen LogP contribution is -1.90. The van der Waals surface area contributed by atoms with E-state index in [9.17, 15) is 0 Å². The zero-order chi connectivity index (χ0) is 8.27. The molecule has 1 rings (SSSR count). The van der Waals surface area contributed by atoms with E-state index in [2.05, 4.69) is 24.2 Å². The van der Waals surface area contributed by atoms with E-state index in [1.807, 2.05) is 24.9 Å². The van der Waals surface area contributed by atoms with Crippen LogP contribution in [-0.2, 0) is 5.75 Å². The van der Waals surface area contributed by atoms with Crippen molar-refractivity contribution in [3.63, 3.8) is 0 Å². The molecule has 2 heteroatoms. The van der Waals surface area contributed by atoms with Crippen molar-refractivity contribution in [1.29, 1.82) is 0 Å². The number of pyridine rings is 1. The molecular weight excluding hydrogens is 154 g/mol. The van der Waals surface area contributed by atoms with Crippen LogP contribution in [0.4, 0.5) is 0 Å². The Kier molecular flexibility index (Phi) is 2.94. The van der Waals surface area contributed by atoms with Crippen molar-refractivity contribution < 1.29 is 0 Å². The SMILES string of the molecule is CSCc1cnc(C)cc1C. The van der Waals surface area contributed by atoms with Gasteiger partial charge in [0.2, 0.25) is 0 Å². The summed E-state index contributed by atoms with van der Waals surface area (Å²) in [5, 5.41) is 0. The number of hydrogen-bond donors (Lipinski definition) is 0. The van der Waals surface area contributed by atoms with E-state index in [4.69, 9.17) is 0 Å². The first-order chi connectivity index (χ1) is 5.24. The molecule has 0 saturated heterocycles. The minimum Gasteiger partial charge on any atom is -0.261 e. The molecule has 0 saturated carbocycles. The van der Waals surface area contributed by atoms with Gasteiger partial charge in [0, 0.05) is 17.6 Å². The van der Waals surface area contributed by atoms with Crippen LogP contribution in [0.2, 0.25) is 0 Å². The number of hydrogen-bond acceptors (Lipinski definition) is 2. The molecule has 1 aromatic rings. The molecule has 0 amide bonds. The molecule has 0 unspecified atom stereocenters. The largest absolute Gasteiger partial charge is 0.261 e. The normalized spacial score (nSPS) is 10.1. The second-order valence-corrected chi connectivity index (χ2v) is 3.55. The highest BCUT2D eigenvalue weighted by Crippen LogP contribution is 2.13. The van der Waals surface area contributed by atoms with Crippen molar-refractivity contribution in [1.82, 2.24) is 4.98 Å².